The summed E-state index contributed by atoms with van der Waals surface area (Å²) in [7, 11) is 1.40. The average Bonchev–Trinajstić information content (AvgIpc) is 2.31. The van der Waals surface area contributed by atoms with Crippen molar-refractivity contribution < 1.29 is 14.0 Å². The summed E-state index contributed by atoms with van der Waals surface area (Å²) in [6.45, 7) is 1.53. The van der Waals surface area contributed by atoms with E-state index in [0.29, 0.717) is 0 Å². The molecule has 0 heterocycles. The third kappa shape index (κ3) is 3.75. The molecule has 0 saturated heterocycles. The molecule has 0 spiro atoms. The molecule has 92 valence electrons. The highest BCUT2D eigenvalue weighted by Crippen LogP contribution is 2.13. The van der Waals surface area contributed by atoms with E-state index < -0.39 is 23.8 Å². The zero-order valence-electron chi connectivity index (χ0n) is 9.58. The number of halogens is 1. The first-order chi connectivity index (χ1) is 8.04. The lowest BCUT2D eigenvalue weighted by molar-refractivity contribution is -0.120. The second kappa shape index (κ2) is 5.83. The van der Waals surface area contributed by atoms with Gasteiger partial charge in [0.1, 0.15) is 11.9 Å². The molecule has 0 fully saturated rings. The number of anilines is 1. The van der Waals surface area contributed by atoms with Crippen LogP contribution in [0.4, 0.5) is 14.9 Å². The minimum absolute atomic E-state index is 0.215. The maximum absolute atomic E-state index is 13.3. The van der Waals surface area contributed by atoms with Gasteiger partial charge in [-0.1, -0.05) is 12.1 Å². The summed E-state index contributed by atoms with van der Waals surface area (Å²) in [4.78, 5) is 22.4. The molecule has 1 aromatic rings. The predicted octanol–water partition coefficient (Wildman–Crippen LogP) is 1.08. The van der Waals surface area contributed by atoms with Gasteiger partial charge in [0, 0.05) is 7.05 Å². The van der Waals surface area contributed by atoms with Crippen molar-refractivity contribution in [2.24, 2.45) is 0 Å². The standard InChI is InChI=1S/C11H14FN3O2/c1-7(10(16)15-11(17)13-2)14-9-6-4-3-5-8(9)12/h3-7,14H,1-2H3,(H2,13,15,16,17). The van der Waals surface area contributed by atoms with E-state index in [0.717, 1.165) is 0 Å². The van der Waals surface area contributed by atoms with E-state index in [4.69, 9.17) is 0 Å². The number of urea groups is 1. The smallest absolute Gasteiger partial charge is 0.321 e. The third-order valence-electron chi connectivity index (χ3n) is 2.10. The highest BCUT2D eigenvalue weighted by atomic mass is 19.1. The number of amides is 3. The Hall–Kier alpha value is -2.11. The fraction of sp³-hybridized carbons (Fsp3) is 0.273. The Morgan fingerprint density at radius 1 is 1.29 bits per heavy atom. The van der Waals surface area contributed by atoms with Gasteiger partial charge in [0.2, 0.25) is 5.91 Å². The number of rotatable bonds is 3. The number of carbonyl (C=O) groups excluding carboxylic acids is 2. The second-order valence-electron chi connectivity index (χ2n) is 3.41. The zero-order chi connectivity index (χ0) is 12.8. The Balaban J connectivity index is 2.60. The van der Waals surface area contributed by atoms with Crippen LogP contribution in [0.2, 0.25) is 0 Å². The van der Waals surface area contributed by atoms with Gasteiger partial charge in [-0.3, -0.25) is 10.1 Å². The number of imide groups is 1. The van der Waals surface area contributed by atoms with Crippen molar-refractivity contribution in [2.45, 2.75) is 13.0 Å². The summed E-state index contributed by atoms with van der Waals surface area (Å²) in [6, 6.07) is 4.68. The van der Waals surface area contributed by atoms with Crippen LogP contribution in [0.3, 0.4) is 0 Å². The van der Waals surface area contributed by atoms with E-state index in [1.54, 1.807) is 12.1 Å². The quantitative estimate of drug-likeness (QED) is 0.739. The molecule has 3 N–H and O–H groups in total. The molecular formula is C11H14FN3O2. The first-order valence-electron chi connectivity index (χ1n) is 5.08. The number of hydrogen-bond acceptors (Lipinski definition) is 3. The van der Waals surface area contributed by atoms with Crippen molar-refractivity contribution in [1.82, 2.24) is 10.6 Å². The summed E-state index contributed by atoms with van der Waals surface area (Å²) in [6.07, 6.45) is 0. The van der Waals surface area contributed by atoms with Gasteiger partial charge in [-0.2, -0.15) is 0 Å². The van der Waals surface area contributed by atoms with Crippen molar-refractivity contribution in [2.75, 3.05) is 12.4 Å². The van der Waals surface area contributed by atoms with E-state index in [9.17, 15) is 14.0 Å². The molecule has 1 aromatic carbocycles. The van der Waals surface area contributed by atoms with E-state index in [2.05, 4.69) is 16.0 Å². The van der Waals surface area contributed by atoms with Crippen LogP contribution >= 0.6 is 0 Å². The number of nitrogens with one attached hydrogen (secondary N) is 3. The molecule has 0 saturated carbocycles. The van der Waals surface area contributed by atoms with Crippen LogP contribution in [0.25, 0.3) is 0 Å². The Morgan fingerprint density at radius 3 is 2.53 bits per heavy atom. The average molecular weight is 239 g/mol. The fourth-order valence-corrected chi connectivity index (χ4v) is 1.16. The number of para-hydroxylation sites is 1. The molecule has 0 aliphatic carbocycles. The van der Waals surface area contributed by atoms with Crippen LogP contribution in [0.15, 0.2) is 24.3 Å². The van der Waals surface area contributed by atoms with Crippen molar-refractivity contribution in [3.63, 3.8) is 0 Å². The molecule has 1 atom stereocenters. The summed E-state index contributed by atoms with van der Waals surface area (Å²) in [5.74, 6) is -0.986. The van der Waals surface area contributed by atoms with Gasteiger partial charge in [-0.15, -0.1) is 0 Å². The molecule has 1 rings (SSSR count). The molecule has 17 heavy (non-hydrogen) atoms. The van der Waals surface area contributed by atoms with E-state index >= 15 is 0 Å². The summed E-state index contributed by atoms with van der Waals surface area (Å²) >= 11 is 0. The topological polar surface area (TPSA) is 70.2 Å². The van der Waals surface area contributed by atoms with Crippen LogP contribution in [-0.2, 0) is 4.79 Å². The molecule has 0 bridgehead atoms. The summed E-state index contributed by atoms with van der Waals surface area (Å²) in [5.41, 5.74) is 0.215. The molecular weight excluding hydrogens is 225 g/mol. The minimum Gasteiger partial charge on any atom is -0.372 e. The van der Waals surface area contributed by atoms with E-state index in [-0.39, 0.29) is 5.69 Å². The monoisotopic (exact) mass is 239 g/mol. The largest absolute Gasteiger partial charge is 0.372 e. The van der Waals surface area contributed by atoms with Crippen LogP contribution < -0.4 is 16.0 Å². The predicted molar refractivity (Wildman–Crippen MR) is 62.1 cm³/mol. The molecule has 5 nitrogen and oxygen atoms in total. The summed E-state index contributed by atoms with van der Waals surface area (Å²) in [5, 5.41) is 7.02. The lowest BCUT2D eigenvalue weighted by Gasteiger charge is -2.14. The van der Waals surface area contributed by atoms with E-state index in [1.807, 2.05) is 0 Å². The molecule has 6 heteroatoms. The molecule has 0 aliphatic heterocycles. The van der Waals surface area contributed by atoms with Gasteiger partial charge in [0.05, 0.1) is 5.69 Å². The van der Waals surface area contributed by atoms with Crippen LogP contribution in [0.1, 0.15) is 6.92 Å². The Morgan fingerprint density at radius 2 is 1.94 bits per heavy atom. The van der Waals surface area contributed by atoms with Crippen molar-refractivity contribution in [1.29, 1.82) is 0 Å². The molecule has 0 radical (unpaired) electrons. The lowest BCUT2D eigenvalue weighted by atomic mass is 10.2. The maximum Gasteiger partial charge on any atom is 0.321 e. The normalized spacial score (nSPS) is 11.5. The molecule has 3 amide bonds. The lowest BCUT2D eigenvalue weighted by Crippen LogP contribution is -2.44. The van der Waals surface area contributed by atoms with Gasteiger partial charge in [-0.05, 0) is 19.1 Å². The van der Waals surface area contributed by atoms with Gasteiger partial charge in [0.25, 0.3) is 0 Å². The van der Waals surface area contributed by atoms with Crippen molar-refractivity contribution in [3.8, 4) is 0 Å². The molecule has 1 unspecified atom stereocenters. The van der Waals surface area contributed by atoms with Gasteiger partial charge < -0.3 is 10.6 Å². The molecule has 0 aliphatic rings. The van der Waals surface area contributed by atoms with Gasteiger partial charge >= 0.3 is 6.03 Å². The van der Waals surface area contributed by atoms with Gasteiger partial charge in [0.15, 0.2) is 0 Å². The Kier molecular flexibility index (Phi) is 4.45. The Labute approximate surface area is 98.4 Å². The van der Waals surface area contributed by atoms with Crippen molar-refractivity contribution in [3.05, 3.63) is 30.1 Å². The number of hydrogen-bond donors (Lipinski definition) is 3. The van der Waals surface area contributed by atoms with Crippen molar-refractivity contribution >= 4 is 17.6 Å². The number of benzene rings is 1. The highest BCUT2D eigenvalue weighted by Gasteiger charge is 2.15. The first kappa shape index (κ1) is 13.0. The summed E-state index contributed by atoms with van der Waals surface area (Å²) < 4.78 is 13.3. The first-order valence-corrected chi connectivity index (χ1v) is 5.08. The Bertz CT molecular complexity index is 423. The fourth-order valence-electron chi connectivity index (χ4n) is 1.16. The maximum atomic E-state index is 13.3. The number of carbonyl (C=O) groups is 2. The SMILES string of the molecule is CNC(=O)NC(=O)C(C)Nc1ccccc1F. The van der Waals surface area contributed by atoms with Crippen LogP contribution in [0, 0.1) is 5.82 Å². The minimum atomic E-state index is -0.718. The van der Waals surface area contributed by atoms with Gasteiger partial charge in [-0.25, -0.2) is 9.18 Å². The zero-order valence-corrected chi connectivity index (χ0v) is 9.58. The van der Waals surface area contributed by atoms with Crippen LogP contribution in [-0.4, -0.2) is 25.0 Å². The molecule has 0 aromatic heterocycles. The third-order valence-corrected chi connectivity index (χ3v) is 2.10. The van der Waals surface area contributed by atoms with Crippen LogP contribution in [0.5, 0.6) is 0 Å². The van der Waals surface area contributed by atoms with E-state index in [1.165, 1.54) is 26.1 Å². The second-order valence-corrected chi connectivity index (χ2v) is 3.41. The highest BCUT2D eigenvalue weighted by molar-refractivity contribution is 5.97.